The second-order valence-corrected chi connectivity index (χ2v) is 2.27. The molecule has 0 saturated heterocycles. The van der Waals surface area contributed by atoms with Crippen molar-refractivity contribution in [2.24, 2.45) is 0 Å². The molecule has 2 nitrogen and oxygen atoms in total. The Labute approximate surface area is 86.1 Å². The summed E-state index contributed by atoms with van der Waals surface area (Å²) in [6, 6.07) is 3.61. The van der Waals surface area contributed by atoms with E-state index in [1.165, 1.54) is 0 Å². The van der Waals surface area contributed by atoms with E-state index in [1.54, 1.807) is 18.5 Å². The van der Waals surface area contributed by atoms with Gasteiger partial charge >= 0.3 is 0 Å². The van der Waals surface area contributed by atoms with Crippen LogP contribution >= 0.6 is 0 Å². The van der Waals surface area contributed by atoms with Crippen LogP contribution in [0.25, 0.3) is 10.9 Å². The summed E-state index contributed by atoms with van der Waals surface area (Å²) in [7, 11) is 5.53. The van der Waals surface area contributed by atoms with E-state index in [4.69, 9.17) is 7.85 Å². The summed E-state index contributed by atoms with van der Waals surface area (Å²) in [5, 5.41) is 0.972. The van der Waals surface area contributed by atoms with E-state index in [1.807, 2.05) is 6.07 Å². The molecule has 0 aromatic carbocycles. The van der Waals surface area contributed by atoms with Gasteiger partial charge < -0.3 is 4.98 Å². The van der Waals surface area contributed by atoms with Crippen LogP contribution in [0.3, 0.4) is 0 Å². The zero-order chi connectivity index (χ0) is 7.68. The van der Waals surface area contributed by atoms with Crippen LogP contribution in [0.15, 0.2) is 24.5 Å². The molecule has 0 amide bonds. The summed E-state index contributed by atoms with van der Waals surface area (Å²) in [5.41, 5.74) is 1.51. The molecule has 2 aromatic rings. The van der Waals surface area contributed by atoms with Crippen LogP contribution < -0.4 is 5.46 Å². The fourth-order valence-electron chi connectivity index (χ4n) is 0.938. The van der Waals surface area contributed by atoms with Crippen molar-refractivity contribution in [2.45, 2.75) is 0 Å². The molecule has 2 aromatic heterocycles. The first-order valence-electron chi connectivity index (χ1n) is 3.23. The molecule has 12 heavy (non-hydrogen) atoms. The Bertz CT molecular complexity index is 391. The molecule has 2 heterocycles. The maximum Gasteiger partial charge on any atom is 0.114 e. The zero-order valence-electron chi connectivity index (χ0n) is 6.19. The van der Waals surface area contributed by atoms with Gasteiger partial charge in [-0.05, 0) is 5.52 Å². The quantitative estimate of drug-likeness (QED) is 0.512. The third-order valence-corrected chi connectivity index (χ3v) is 1.45. The van der Waals surface area contributed by atoms with Crippen molar-refractivity contribution in [1.29, 1.82) is 0 Å². The summed E-state index contributed by atoms with van der Waals surface area (Å²) < 4.78 is 0. The number of hydrogen-bond donors (Lipinski definition) is 0. The van der Waals surface area contributed by atoms with E-state index in [-0.39, 0.29) is 21.1 Å². The van der Waals surface area contributed by atoms with Gasteiger partial charge in [0, 0.05) is 27.3 Å². The van der Waals surface area contributed by atoms with Gasteiger partial charge in [0.1, 0.15) is 7.85 Å². The molecule has 2 radical (unpaired) electrons. The van der Waals surface area contributed by atoms with Gasteiger partial charge in [-0.25, -0.2) is 0 Å². The Kier molecular flexibility index (Phi) is 2.99. The number of rotatable bonds is 0. The van der Waals surface area contributed by atoms with E-state index < -0.39 is 0 Å². The van der Waals surface area contributed by atoms with Gasteiger partial charge in [0.2, 0.25) is 0 Å². The van der Waals surface area contributed by atoms with Gasteiger partial charge in [-0.15, -0.1) is 17.5 Å². The fraction of sp³-hybridized carbons (Fsp3) is 0. The molecule has 0 unspecified atom stereocenters. The van der Waals surface area contributed by atoms with Gasteiger partial charge in [-0.3, -0.25) is 4.98 Å². The first-order valence-corrected chi connectivity index (χ1v) is 3.23. The van der Waals surface area contributed by atoms with Gasteiger partial charge in [-0.1, -0.05) is 17.9 Å². The van der Waals surface area contributed by atoms with Crippen LogP contribution in [-0.4, -0.2) is 17.8 Å². The molecule has 4 heteroatoms. The molecule has 56 valence electrons. The average molecular weight is 323 g/mol. The topological polar surface area (TPSA) is 25.8 Å². The average Bonchev–Trinajstić information content (AvgIpc) is 2.04. The van der Waals surface area contributed by atoms with Crippen LogP contribution in [0.4, 0.5) is 0 Å². The van der Waals surface area contributed by atoms with Gasteiger partial charge in [0.15, 0.2) is 0 Å². The molecule has 0 aliphatic carbocycles. The summed E-state index contributed by atoms with van der Waals surface area (Å²) in [6.45, 7) is 0. The van der Waals surface area contributed by atoms with Crippen molar-refractivity contribution >= 4 is 24.2 Å². The number of aromatic nitrogens is 2. The number of hydrogen-bond acceptors (Lipinski definition) is 2. The maximum absolute atomic E-state index is 5.53. The second-order valence-electron chi connectivity index (χ2n) is 2.27. The maximum atomic E-state index is 5.53. The summed E-state index contributed by atoms with van der Waals surface area (Å²) in [6.07, 6.45) is 5.99. The first kappa shape index (κ1) is 9.40. The molecule has 2 rings (SSSR count). The SMILES string of the molecule is [B]c1cnc2cn[c-]cc2c1.[W]. The predicted octanol–water partition coefficient (Wildman–Crippen LogP) is 0.221. The van der Waals surface area contributed by atoms with E-state index in [0.717, 1.165) is 10.9 Å². The zero-order valence-corrected chi connectivity index (χ0v) is 9.12. The number of fused-ring (bicyclic) bond motifs is 1. The predicted molar refractivity (Wildman–Crippen MR) is 43.8 cm³/mol. The summed E-state index contributed by atoms with van der Waals surface area (Å²) in [4.78, 5) is 7.89. The molecule has 0 aliphatic heterocycles. The second kappa shape index (κ2) is 3.81. The van der Waals surface area contributed by atoms with Crippen molar-refractivity contribution in [3.05, 3.63) is 30.7 Å². The Morgan fingerprint density at radius 1 is 1.33 bits per heavy atom. The van der Waals surface area contributed by atoms with Gasteiger partial charge in [-0.2, -0.15) is 0 Å². The van der Waals surface area contributed by atoms with Crippen molar-refractivity contribution in [3.63, 3.8) is 0 Å². The van der Waals surface area contributed by atoms with Crippen molar-refractivity contribution in [3.8, 4) is 0 Å². The fourth-order valence-corrected chi connectivity index (χ4v) is 0.938. The minimum atomic E-state index is 0. The summed E-state index contributed by atoms with van der Waals surface area (Å²) >= 11 is 0. The van der Waals surface area contributed by atoms with Crippen LogP contribution in [0.2, 0.25) is 0 Å². The molecule has 0 atom stereocenters. The Hall–Kier alpha value is -0.687. The Morgan fingerprint density at radius 2 is 2.17 bits per heavy atom. The largest absolute Gasteiger partial charge is 0.392 e. The number of pyridine rings is 2. The molecular weight excluding hydrogens is 319 g/mol. The molecule has 0 N–H and O–H groups in total. The normalized spacial score (nSPS) is 9.33. The van der Waals surface area contributed by atoms with Crippen LogP contribution in [-0.2, 0) is 21.1 Å². The van der Waals surface area contributed by atoms with E-state index in [0.29, 0.717) is 5.46 Å². The molecule has 0 bridgehead atoms. The van der Waals surface area contributed by atoms with Crippen LogP contribution in [0, 0.1) is 6.20 Å². The minimum absolute atomic E-state index is 0. The molecule has 0 fully saturated rings. The molecule has 0 aliphatic rings. The van der Waals surface area contributed by atoms with Crippen molar-refractivity contribution < 1.29 is 21.1 Å². The van der Waals surface area contributed by atoms with E-state index >= 15 is 0 Å². The van der Waals surface area contributed by atoms with Crippen LogP contribution in [0.1, 0.15) is 0 Å². The van der Waals surface area contributed by atoms with Gasteiger partial charge in [0.25, 0.3) is 0 Å². The molecule has 0 saturated carbocycles. The standard InChI is InChI=1S/C8H4BN2.W/c9-7-3-6-1-2-10-5-8(6)11-4-7;/h1,3-5H;/q-1;. The van der Waals surface area contributed by atoms with Crippen LogP contribution in [0.5, 0.6) is 0 Å². The summed E-state index contributed by atoms with van der Waals surface area (Å²) in [5.74, 6) is 0. The molecule has 0 spiro atoms. The smallest absolute Gasteiger partial charge is 0.114 e. The Balaban J connectivity index is 0.000000720. The number of nitrogens with zero attached hydrogens (tertiary/aromatic N) is 2. The molecular formula is C8H4BN2W-. The third-order valence-electron chi connectivity index (χ3n) is 1.45. The first-order chi connectivity index (χ1) is 5.36. The third kappa shape index (κ3) is 1.73. The monoisotopic (exact) mass is 323 g/mol. The van der Waals surface area contributed by atoms with Crippen molar-refractivity contribution in [2.75, 3.05) is 0 Å². The van der Waals surface area contributed by atoms with E-state index in [9.17, 15) is 0 Å². The van der Waals surface area contributed by atoms with Gasteiger partial charge in [0.05, 0.1) is 0 Å². The van der Waals surface area contributed by atoms with E-state index in [2.05, 4.69) is 16.2 Å². The van der Waals surface area contributed by atoms with Crippen molar-refractivity contribution in [1.82, 2.24) is 9.97 Å². The minimum Gasteiger partial charge on any atom is -0.392 e. The Morgan fingerprint density at radius 3 is 3.00 bits per heavy atom.